The number of nitrogens with zero attached hydrogens (tertiary/aromatic N) is 2. The van der Waals surface area contributed by atoms with Crippen LogP contribution in [0.3, 0.4) is 0 Å². The average molecular weight is 278 g/mol. The summed E-state index contributed by atoms with van der Waals surface area (Å²) >= 11 is 0. The molecule has 0 radical (unpaired) electrons. The zero-order valence-corrected chi connectivity index (χ0v) is 11.8. The molecule has 1 unspecified atom stereocenters. The van der Waals surface area contributed by atoms with Gasteiger partial charge >= 0.3 is 0 Å². The first-order valence-corrected chi connectivity index (χ1v) is 7.94. The quantitative estimate of drug-likeness (QED) is 0.745. The van der Waals surface area contributed by atoms with Crippen molar-refractivity contribution < 1.29 is 18.3 Å². The second-order valence-corrected chi connectivity index (χ2v) is 6.66. The number of carbonyl (C=O) groups excluding carboxylic acids is 1. The van der Waals surface area contributed by atoms with Crippen LogP contribution in [0.1, 0.15) is 26.7 Å². The fraction of sp³-hybridized carbons (Fsp3) is 0.909. The van der Waals surface area contributed by atoms with Gasteiger partial charge in [-0.25, -0.2) is 8.42 Å². The van der Waals surface area contributed by atoms with Crippen molar-refractivity contribution in [2.75, 3.05) is 31.9 Å². The van der Waals surface area contributed by atoms with Crippen LogP contribution >= 0.6 is 0 Å². The molecule has 18 heavy (non-hydrogen) atoms. The molecule has 1 saturated heterocycles. The maximum absolute atomic E-state index is 11.9. The van der Waals surface area contributed by atoms with Gasteiger partial charge in [-0.2, -0.15) is 4.31 Å². The van der Waals surface area contributed by atoms with Crippen molar-refractivity contribution in [1.29, 1.82) is 0 Å². The number of aliphatic hydroxyl groups is 1. The lowest BCUT2D eigenvalue weighted by molar-refractivity contribution is -0.140. The van der Waals surface area contributed by atoms with Gasteiger partial charge in [0.25, 0.3) is 5.91 Å². The molecule has 6 nitrogen and oxygen atoms in total. The Hall–Kier alpha value is -0.660. The Bertz CT molecular complexity index is 373. The summed E-state index contributed by atoms with van der Waals surface area (Å²) in [5.74, 6) is -0.158. The molecule has 1 aliphatic heterocycles. The SMILES string of the molecule is CCCCS(=O)(=O)N1CCN(C(=O)C(C)O)CC1. The minimum Gasteiger partial charge on any atom is -0.384 e. The van der Waals surface area contributed by atoms with Crippen molar-refractivity contribution in [3.63, 3.8) is 0 Å². The van der Waals surface area contributed by atoms with Gasteiger partial charge in [0.15, 0.2) is 0 Å². The summed E-state index contributed by atoms with van der Waals surface area (Å²) in [7, 11) is -3.18. The van der Waals surface area contributed by atoms with E-state index in [2.05, 4.69) is 0 Å². The summed E-state index contributed by atoms with van der Waals surface area (Å²) in [4.78, 5) is 13.0. The number of amides is 1. The maximum atomic E-state index is 11.9. The van der Waals surface area contributed by atoms with Gasteiger partial charge in [0.05, 0.1) is 5.75 Å². The Morgan fingerprint density at radius 3 is 2.28 bits per heavy atom. The molecule has 0 aliphatic carbocycles. The van der Waals surface area contributed by atoms with E-state index in [-0.39, 0.29) is 11.7 Å². The first-order chi connectivity index (χ1) is 8.38. The number of sulfonamides is 1. The highest BCUT2D eigenvalue weighted by Gasteiger charge is 2.29. The average Bonchev–Trinajstić information content (AvgIpc) is 2.35. The van der Waals surface area contributed by atoms with E-state index in [1.54, 1.807) is 0 Å². The number of rotatable bonds is 5. The first-order valence-electron chi connectivity index (χ1n) is 6.33. The van der Waals surface area contributed by atoms with Crippen molar-refractivity contribution in [2.24, 2.45) is 0 Å². The molecule has 1 atom stereocenters. The minimum atomic E-state index is -3.18. The fourth-order valence-electron chi connectivity index (χ4n) is 1.91. The van der Waals surface area contributed by atoms with Crippen molar-refractivity contribution in [1.82, 2.24) is 9.21 Å². The third-order valence-electron chi connectivity index (χ3n) is 3.06. The lowest BCUT2D eigenvalue weighted by atomic mass is 10.3. The second-order valence-electron chi connectivity index (χ2n) is 4.57. The third-order valence-corrected chi connectivity index (χ3v) is 5.01. The molecule has 0 aromatic rings. The highest BCUT2D eigenvalue weighted by Crippen LogP contribution is 2.10. The van der Waals surface area contributed by atoms with Gasteiger partial charge in [-0.05, 0) is 13.3 Å². The van der Waals surface area contributed by atoms with Gasteiger partial charge in [-0.3, -0.25) is 4.79 Å². The Balaban J connectivity index is 2.51. The van der Waals surface area contributed by atoms with E-state index in [1.165, 1.54) is 16.1 Å². The lowest BCUT2D eigenvalue weighted by Gasteiger charge is -2.34. The van der Waals surface area contributed by atoms with E-state index >= 15 is 0 Å². The largest absolute Gasteiger partial charge is 0.384 e. The van der Waals surface area contributed by atoms with Gasteiger partial charge in [-0.15, -0.1) is 0 Å². The van der Waals surface area contributed by atoms with Crippen molar-refractivity contribution in [2.45, 2.75) is 32.8 Å². The van der Waals surface area contributed by atoms with Crippen LogP contribution in [0.25, 0.3) is 0 Å². The van der Waals surface area contributed by atoms with Crippen LogP contribution in [0.15, 0.2) is 0 Å². The Morgan fingerprint density at radius 1 is 1.28 bits per heavy atom. The molecule has 7 heteroatoms. The van der Waals surface area contributed by atoms with Crippen LogP contribution in [0.5, 0.6) is 0 Å². The normalized spacial score (nSPS) is 19.8. The van der Waals surface area contributed by atoms with E-state index in [9.17, 15) is 18.3 Å². The number of unbranched alkanes of at least 4 members (excludes halogenated alkanes) is 1. The number of hydrogen-bond donors (Lipinski definition) is 1. The second kappa shape index (κ2) is 6.49. The highest BCUT2D eigenvalue weighted by atomic mass is 32.2. The summed E-state index contributed by atoms with van der Waals surface area (Å²) in [6.45, 7) is 4.74. The summed E-state index contributed by atoms with van der Waals surface area (Å²) < 4.78 is 25.3. The number of hydrogen-bond acceptors (Lipinski definition) is 4. The van der Waals surface area contributed by atoms with Crippen LogP contribution in [0, 0.1) is 0 Å². The molecular weight excluding hydrogens is 256 g/mol. The first kappa shape index (κ1) is 15.4. The van der Waals surface area contributed by atoms with E-state index in [1.807, 2.05) is 6.92 Å². The Labute approximate surface area is 109 Å². The summed E-state index contributed by atoms with van der Waals surface area (Å²) in [6, 6.07) is 0. The van der Waals surface area contributed by atoms with Crippen LogP contribution in [-0.4, -0.2) is 66.7 Å². The Kier molecular flexibility index (Phi) is 5.55. The molecule has 1 aliphatic rings. The molecule has 1 amide bonds. The van der Waals surface area contributed by atoms with Crippen molar-refractivity contribution in [3.05, 3.63) is 0 Å². The molecule has 106 valence electrons. The Morgan fingerprint density at radius 2 is 1.83 bits per heavy atom. The summed E-state index contributed by atoms with van der Waals surface area (Å²) in [5.41, 5.74) is 0. The minimum absolute atomic E-state index is 0.174. The monoisotopic (exact) mass is 278 g/mol. The zero-order chi connectivity index (χ0) is 13.8. The van der Waals surface area contributed by atoms with Crippen LogP contribution in [0.2, 0.25) is 0 Å². The van der Waals surface area contributed by atoms with Crippen molar-refractivity contribution in [3.8, 4) is 0 Å². The molecular formula is C11H22N2O4S. The molecule has 1 N–H and O–H groups in total. The molecule has 1 heterocycles. The van der Waals surface area contributed by atoms with Gasteiger partial charge in [-0.1, -0.05) is 13.3 Å². The molecule has 0 aromatic heterocycles. The van der Waals surface area contributed by atoms with Crippen molar-refractivity contribution >= 4 is 15.9 Å². The smallest absolute Gasteiger partial charge is 0.251 e. The molecule has 0 saturated carbocycles. The number of piperazine rings is 1. The third kappa shape index (κ3) is 3.93. The fourth-order valence-corrected chi connectivity index (χ4v) is 3.54. The standard InChI is InChI=1S/C11H22N2O4S/c1-3-4-9-18(16,17)13-7-5-12(6-8-13)11(15)10(2)14/h10,14H,3-9H2,1-2H3. The topological polar surface area (TPSA) is 77.9 Å². The number of carbonyl (C=O) groups is 1. The predicted molar refractivity (Wildman–Crippen MR) is 68.5 cm³/mol. The van der Waals surface area contributed by atoms with E-state index in [0.29, 0.717) is 32.6 Å². The predicted octanol–water partition coefficient (Wildman–Crippen LogP) is -0.359. The highest BCUT2D eigenvalue weighted by molar-refractivity contribution is 7.89. The van der Waals surface area contributed by atoms with Gasteiger partial charge < -0.3 is 10.0 Å². The van der Waals surface area contributed by atoms with Gasteiger partial charge in [0, 0.05) is 26.2 Å². The summed E-state index contributed by atoms with van der Waals surface area (Å²) in [5, 5.41) is 9.19. The molecule has 0 bridgehead atoms. The van der Waals surface area contributed by atoms with Crippen LogP contribution < -0.4 is 0 Å². The molecule has 1 rings (SSSR count). The van der Waals surface area contributed by atoms with Crippen LogP contribution in [0.4, 0.5) is 0 Å². The van der Waals surface area contributed by atoms with Gasteiger partial charge in [0.2, 0.25) is 10.0 Å². The summed E-state index contributed by atoms with van der Waals surface area (Å²) in [6.07, 6.45) is 0.489. The number of aliphatic hydroxyl groups excluding tert-OH is 1. The molecule has 0 spiro atoms. The van der Waals surface area contributed by atoms with E-state index in [0.717, 1.165) is 6.42 Å². The molecule has 1 fully saturated rings. The molecule has 0 aromatic carbocycles. The van der Waals surface area contributed by atoms with Gasteiger partial charge in [0.1, 0.15) is 6.10 Å². The van der Waals surface area contributed by atoms with E-state index < -0.39 is 16.1 Å². The lowest BCUT2D eigenvalue weighted by Crippen LogP contribution is -2.52. The maximum Gasteiger partial charge on any atom is 0.251 e. The zero-order valence-electron chi connectivity index (χ0n) is 11.0. The van der Waals surface area contributed by atoms with Crippen LogP contribution in [-0.2, 0) is 14.8 Å². The van der Waals surface area contributed by atoms with E-state index in [4.69, 9.17) is 0 Å².